The van der Waals surface area contributed by atoms with Crippen molar-refractivity contribution in [3.8, 4) is 0 Å². The molecule has 0 saturated heterocycles. The summed E-state index contributed by atoms with van der Waals surface area (Å²) in [6, 6.07) is 6.46. The molecule has 1 fully saturated rings. The molecule has 2 nitrogen and oxygen atoms in total. The average Bonchev–Trinajstić information content (AvgIpc) is 3.12. The summed E-state index contributed by atoms with van der Waals surface area (Å²) in [5.41, 5.74) is 4.13. The van der Waals surface area contributed by atoms with Crippen LogP contribution in [0, 0.1) is 12.8 Å². The molecule has 16 heavy (non-hydrogen) atoms. The molecule has 0 aromatic heterocycles. The number of hydrogen-bond acceptors (Lipinski definition) is 1. The Bertz CT molecular complexity index is 434. The molecule has 0 bridgehead atoms. The fraction of sp³-hybridized carbons (Fsp3) is 0.500. The number of hydrogen-bond donors (Lipinski definition) is 0. The van der Waals surface area contributed by atoms with Crippen LogP contribution in [0.5, 0.6) is 0 Å². The van der Waals surface area contributed by atoms with Gasteiger partial charge in [0.15, 0.2) is 0 Å². The molecular formula is C14H17NO. The SMILES string of the molecule is Cc1cccc2c1CN(C(=O)C1CC1)CC2. The lowest BCUT2D eigenvalue weighted by atomic mass is 9.95. The Morgan fingerprint density at radius 2 is 2.19 bits per heavy atom. The van der Waals surface area contributed by atoms with Gasteiger partial charge in [0.05, 0.1) is 0 Å². The van der Waals surface area contributed by atoms with E-state index in [1.807, 2.05) is 4.90 Å². The molecule has 3 rings (SSSR count). The maximum absolute atomic E-state index is 12.0. The standard InChI is InChI=1S/C14H17NO/c1-10-3-2-4-11-7-8-15(9-13(10)11)14(16)12-5-6-12/h2-4,12H,5-9H2,1H3. The number of aryl methyl sites for hydroxylation is 1. The second-order valence-electron chi connectivity index (χ2n) is 5.00. The molecule has 1 amide bonds. The van der Waals surface area contributed by atoms with Crippen LogP contribution in [-0.2, 0) is 17.8 Å². The number of carbonyl (C=O) groups excluding carboxylic acids is 1. The highest BCUT2D eigenvalue weighted by molar-refractivity contribution is 5.81. The molecule has 1 aromatic carbocycles. The van der Waals surface area contributed by atoms with Gasteiger partial charge in [0, 0.05) is 19.0 Å². The Balaban J connectivity index is 1.84. The average molecular weight is 215 g/mol. The Labute approximate surface area is 96.3 Å². The Morgan fingerprint density at radius 1 is 1.38 bits per heavy atom. The van der Waals surface area contributed by atoms with E-state index in [1.54, 1.807) is 0 Å². The lowest BCUT2D eigenvalue weighted by Crippen LogP contribution is -2.37. The van der Waals surface area contributed by atoms with E-state index in [2.05, 4.69) is 25.1 Å². The molecule has 0 spiro atoms. The zero-order chi connectivity index (χ0) is 11.1. The van der Waals surface area contributed by atoms with Crippen molar-refractivity contribution in [3.63, 3.8) is 0 Å². The van der Waals surface area contributed by atoms with Crippen LogP contribution >= 0.6 is 0 Å². The molecule has 0 atom stereocenters. The molecule has 1 saturated carbocycles. The number of fused-ring (bicyclic) bond motifs is 1. The van der Waals surface area contributed by atoms with Gasteiger partial charge in [0.25, 0.3) is 0 Å². The topological polar surface area (TPSA) is 20.3 Å². The largest absolute Gasteiger partial charge is 0.338 e. The number of carbonyl (C=O) groups is 1. The zero-order valence-electron chi connectivity index (χ0n) is 9.70. The third-order valence-electron chi connectivity index (χ3n) is 3.75. The maximum atomic E-state index is 12.0. The molecule has 1 aliphatic heterocycles. The van der Waals surface area contributed by atoms with E-state index in [0.717, 1.165) is 32.4 Å². The molecule has 2 heteroatoms. The summed E-state index contributed by atoms with van der Waals surface area (Å²) in [6.07, 6.45) is 3.24. The Kier molecular flexibility index (Phi) is 2.23. The van der Waals surface area contributed by atoms with E-state index in [0.29, 0.717) is 11.8 Å². The molecule has 1 aromatic rings. The fourth-order valence-corrected chi connectivity index (χ4v) is 2.53. The van der Waals surface area contributed by atoms with E-state index in [9.17, 15) is 4.79 Å². The Morgan fingerprint density at radius 3 is 2.94 bits per heavy atom. The van der Waals surface area contributed by atoms with Crippen LogP contribution in [0.2, 0.25) is 0 Å². The zero-order valence-corrected chi connectivity index (χ0v) is 9.70. The summed E-state index contributed by atoms with van der Waals surface area (Å²) in [5, 5.41) is 0. The fourth-order valence-electron chi connectivity index (χ4n) is 2.53. The van der Waals surface area contributed by atoms with Crippen molar-refractivity contribution in [3.05, 3.63) is 34.9 Å². The van der Waals surface area contributed by atoms with Crippen LogP contribution in [0.25, 0.3) is 0 Å². The molecule has 0 unspecified atom stereocenters. The van der Waals surface area contributed by atoms with Gasteiger partial charge in [-0.3, -0.25) is 4.79 Å². The highest BCUT2D eigenvalue weighted by Crippen LogP contribution is 2.33. The number of rotatable bonds is 1. The van der Waals surface area contributed by atoms with Crippen molar-refractivity contribution in [1.29, 1.82) is 0 Å². The van der Waals surface area contributed by atoms with Gasteiger partial charge < -0.3 is 4.90 Å². The van der Waals surface area contributed by atoms with Crippen LogP contribution in [0.4, 0.5) is 0 Å². The second kappa shape index (κ2) is 3.62. The number of amides is 1. The normalized spacial score (nSPS) is 19.4. The maximum Gasteiger partial charge on any atom is 0.225 e. The molecule has 84 valence electrons. The molecule has 0 N–H and O–H groups in total. The Hall–Kier alpha value is -1.31. The molecule has 1 heterocycles. The van der Waals surface area contributed by atoms with Gasteiger partial charge in [-0.15, -0.1) is 0 Å². The quantitative estimate of drug-likeness (QED) is 0.704. The minimum Gasteiger partial charge on any atom is -0.338 e. The number of nitrogens with zero attached hydrogens (tertiary/aromatic N) is 1. The lowest BCUT2D eigenvalue weighted by molar-refractivity contribution is -0.133. The van der Waals surface area contributed by atoms with Crippen molar-refractivity contribution in [2.45, 2.75) is 32.7 Å². The first-order valence-electron chi connectivity index (χ1n) is 6.12. The van der Waals surface area contributed by atoms with E-state index < -0.39 is 0 Å². The van der Waals surface area contributed by atoms with Crippen molar-refractivity contribution >= 4 is 5.91 Å². The van der Waals surface area contributed by atoms with Crippen LogP contribution < -0.4 is 0 Å². The number of benzene rings is 1. The monoisotopic (exact) mass is 215 g/mol. The first kappa shape index (κ1) is 9.88. The minimum atomic E-state index is 0.352. The summed E-state index contributed by atoms with van der Waals surface area (Å²) in [6.45, 7) is 3.88. The van der Waals surface area contributed by atoms with E-state index >= 15 is 0 Å². The first-order chi connectivity index (χ1) is 7.75. The smallest absolute Gasteiger partial charge is 0.225 e. The van der Waals surface area contributed by atoms with E-state index in [-0.39, 0.29) is 0 Å². The molecule has 2 aliphatic rings. The third-order valence-corrected chi connectivity index (χ3v) is 3.75. The van der Waals surface area contributed by atoms with Crippen LogP contribution in [0.15, 0.2) is 18.2 Å². The summed E-state index contributed by atoms with van der Waals surface area (Å²) in [5.74, 6) is 0.736. The molecular weight excluding hydrogens is 198 g/mol. The third kappa shape index (κ3) is 1.62. The van der Waals surface area contributed by atoms with Gasteiger partial charge in [-0.05, 0) is 42.9 Å². The van der Waals surface area contributed by atoms with Crippen LogP contribution in [0.1, 0.15) is 29.5 Å². The second-order valence-corrected chi connectivity index (χ2v) is 5.00. The lowest BCUT2D eigenvalue weighted by Gasteiger charge is -2.30. The molecule has 1 aliphatic carbocycles. The van der Waals surface area contributed by atoms with Crippen molar-refractivity contribution < 1.29 is 4.79 Å². The van der Waals surface area contributed by atoms with Gasteiger partial charge in [-0.2, -0.15) is 0 Å². The van der Waals surface area contributed by atoms with Crippen LogP contribution in [-0.4, -0.2) is 17.4 Å². The van der Waals surface area contributed by atoms with Crippen LogP contribution in [0.3, 0.4) is 0 Å². The highest BCUT2D eigenvalue weighted by atomic mass is 16.2. The highest BCUT2D eigenvalue weighted by Gasteiger charge is 2.34. The van der Waals surface area contributed by atoms with Crippen molar-refractivity contribution in [2.24, 2.45) is 5.92 Å². The molecule has 0 radical (unpaired) electrons. The predicted molar refractivity (Wildman–Crippen MR) is 63.0 cm³/mol. The summed E-state index contributed by atoms with van der Waals surface area (Å²) < 4.78 is 0. The summed E-state index contributed by atoms with van der Waals surface area (Å²) in [4.78, 5) is 14.1. The first-order valence-corrected chi connectivity index (χ1v) is 6.12. The van der Waals surface area contributed by atoms with E-state index in [1.165, 1.54) is 16.7 Å². The van der Waals surface area contributed by atoms with Gasteiger partial charge in [-0.1, -0.05) is 18.2 Å². The summed E-state index contributed by atoms with van der Waals surface area (Å²) >= 11 is 0. The van der Waals surface area contributed by atoms with E-state index in [4.69, 9.17) is 0 Å². The van der Waals surface area contributed by atoms with Gasteiger partial charge in [0.2, 0.25) is 5.91 Å². The van der Waals surface area contributed by atoms with Gasteiger partial charge >= 0.3 is 0 Å². The summed E-state index contributed by atoms with van der Waals surface area (Å²) in [7, 11) is 0. The van der Waals surface area contributed by atoms with Crippen molar-refractivity contribution in [2.75, 3.05) is 6.54 Å². The van der Waals surface area contributed by atoms with Gasteiger partial charge in [0.1, 0.15) is 0 Å². The van der Waals surface area contributed by atoms with Crippen molar-refractivity contribution in [1.82, 2.24) is 4.90 Å². The predicted octanol–water partition coefficient (Wildman–Crippen LogP) is 2.29. The van der Waals surface area contributed by atoms with Gasteiger partial charge in [-0.25, -0.2) is 0 Å². The minimum absolute atomic E-state index is 0.352.